The second kappa shape index (κ2) is 10.6. The quantitative estimate of drug-likeness (QED) is 0.490. The van der Waals surface area contributed by atoms with Crippen molar-refractivity contribution in [3.8, 4) is 0 Å². The standard InChI is InChI=1S/C12H25F2NO3/c1-9(2)4-3-5-18-8-10(16)6-15-7-11(17)12(13)14/h9-12,15-17H,3-8H2,1-2H3. The number of halogens is 2. The maximum absolute atomic E-state index is 11.9. The third kappa shape index (κ3) is 10.8. The van der Waals surface area contributed by atoms with Gasteiger partial charge in [0.15, 0.2) is 0 Å². The number of rotatable bonds is 11. The predicted molar refractivity (Wildman–Crippen MR) is 65.8 cm³/mol. The maximum Gasteiger partial charge on any atom is 0.265 e. The zero-order chi connectivity index (χ0) is 14.0. The topological polar surface area (TPSA) is 61.7 Å². The number of nitrogens with one attached hydrogen (secondary N) is 1. The summed E-state index contributed by atoms with van der Waals surface area (Å²) in [6.45, 7) is 4.93. The summed E-state index contributed by atoms with van der Waals surface area (Å²) in [5.41, 5.74) is 0. The van der Waals surface area contributed by atoms with Crippen molar-refractivity contribution >= 4 is 0 Å². The summed E-state index contributed by atoms with van der Waals surface area (Å²) < 4.78 is 29.1. The molecule has 0 aromatic heterocycles. The van der Waals surface area contributed by atoms with E-state index in [1.165, 1.54) is 0 Å². The molecule has 0 aromatic carbocycles. The Labute approximate surface area is 107 Å². The van der Waals surface area contributed by atoms with E-state index in [1.54, 1.807) is 0 Å². The summed E-state index contributed by atoms with van der Waals surface area (Å²) in [5.74, 6) is 0.635. The highest BCUT2D eigenvalue weighted by Crippen LogP contribution is 2.03. The summed E-state index contributed by atoms with van der Waals surface area (Å²) in [4.78, 5) is 0. The molecule has 0 spiro atoms. The van der Waals surface area contributed by atoms with Crippen LogP contribution in [0.1, 0.15) is 26.7 Å². The number of aliphatic hydroxyl groups excluding tert-OH is 2. The van der Waals surface area contributed by atoms with Crippen LogP contribution in [0.25, 0.3) is 0 Å². The zero-order valence-corrected chi connectivity index (χ0v) is 11.1. The Kier molecular flexibility index (Phi) is 10.4. The van der Waals surface area contributed by atoms with Crippen LogP contribution in [0.5, 0.6) is 0 Å². The zero-order valence-electron chi connectivity index (χ0n) is 11.1. The van der Waals surface area contributed by atoms with E-state index in [1.807, 2.05) is 0 Å². The van der Waals surface area contributed by atoms with Crippen molar-refractivity contribution < 1.29 is 23.7 Å². The molecule has 2 unspecified atom stereocenters. The second-order valence-corrected chi connectivity index (χ2v) is 4.82. The van der Waals surface area contributed by atoms with E-state index in [9.17, 15) is 13.9 Å². The summed E-state index contributed by atoms with van der Waals surface area (Å²) >= 11 is 0. The van der Waals surface area contributed by atoms with Crippen LogP contribution >= 0.6 is 0 Å². The molecule has 110 valence electrons. The van der Waals surface area contributed by atoms with Crippen LogP contribution in [0.4, 0.5) is 8.78 Å². The molecular formula is C12H25F2NO3. The fourth-order valence-corrected chi connectivity index (χ4v) is 1.36. The number of aliphatic hydroxyl groups is 2. The van der Waals surface area contributed by atoms with Crippen LogP contribution in [0.2, 0.25) is 0 Å². The average Bonchev–Trinajstić information content (AvgIpc) is 2.27. The van der Waals surface area contributed by atoms with Crippen molar-refractivity contribution in [1.82, 2.24) is 5.32 Å². The van der Waals surface area contributed by atoms with E-state index in [0.29, 0.717) is 12.5 Å². The van der Waals surface area contributed by atoms with E-state index in [0.717, 1.165) is 12.8 Å². The highest BCUT2D eigenvalue weighted by molar-refractivity contribution is 4.64. The van der Waals surface area contributed by atoms with Gasteiger partial charge in [-0.25, -0.2) is 8.78 Å². The van der Waals surface area contributed by atoms with Crippen molar-refractivity contribution in [3.63, 3.8) is 0 Å². The van der Waals surface area contributed by atoms with Gasteiger partial charge in [-0.15, -0.1) is 0 Å². The van der Waals surface area contributed by atoms with E-state index in [2.05, 4.69) is 19.2 Å². The Hall–Kier alpha value is -0.300. The van der Waals surface area contributed by atoms with E-state index in [-0.39, 0.29) is 19.7 Å². The molecule has 0 aromatic rings. The summed E-state index contributed by atoms with van der Waals surface area (Å²) in [6.07, 6.45) is -3.17. The molecule has 18 heavy (non-hydrogen) atoms. The molecule has 4 nitrogen and oxygen atoms in total. The molecule has 0 heterocycles. The SMILES string of the molecule is CC(C)CCCOCC(O)CNCC(O)C(F)F. The lowest BCUT2D eigenvalue weighted by atomic mass is 10.1. The Morgan fingerprint density at radius 2 is 1.83 bits per heavy atom. The van der Waals surface area contributed by atoms with Gasteiger partial charge >= 0.3 is 0 Å². The molecule has 0 amide bonds. The van der Waals surface area contributed by atoms with Crippen LogP contribution in [0.3, 0.4) is 0 Å². The van der Waals surface area contributed by atoms with Crippen LogP contribution in [0.15, 0.2) is 0 Å². The number of hydrogen-bond donors (Lipinski definition) is 3. The Balaban J connectivity index is 3.35. The number of alkyl halides is 2. The van der Waals surface area contributed by atoms with E-state index < -0.39 is 18.6 Å². The van der Waals surface area contributed by atoms with Crippen molar-refractivity contribution in [2.75, 3.05) is 26.3 Å². The van der Waals surface area contributed by atoms with Crippen LogP contribution < -0.4 is 5.32 Å². The van der Waals surface area contributed by atoms with E-state index >= 15 is 0 Å². The van der Waals surface area contributed by atoms with Gasteiger partial charge in [-0.05, 0) is 18.8 Å². The average molecular weight is 269 g/mol. The van der Waals surface area contributed by atoms with Crippen molar-refractivity contribution in [2.24, 2.45) is 5.92 Å². The van der Waals surface area contributed by atoms with Gasteiger partial charge in [-0.1, -0.05) is 13.8 Å². The van der Waals surface area contributed by atoms with Crippen molar-refractivity contribution in [1.29, 1.82) is 0 Å². The van der Waals surface area contributed by atoms with Gasteiger partial charge in [-0.2, -0.15) is 0 Å². The molecule has 2 atom stereocenters. The van der Waals surface area contributed by atoms with Gasteiger partial charge in [-0.3, -0.25) is 0 Å². The van der Waals surface area contributed by atoms with Crippen molar-refractivity contribution in [2.45, 2.75) is 45.3 Å². The van der Waals surface area contributed by atoms with Gasteiger partial charge in [0.25, 0.3) is 6.43 Å². The van der Waals surface area contributed by atoms with Crippen LogP contribution in [0, 0.1) is 5.92 Å². The van der Waals surface area contributed by atoms with Gasteiger partial charge in [0.1, 0.15) is 6.10 Å². The normalized spacial score (nSPS) is 15.3. The number of ether oxygens (including phenoxy) is 1. The summed E-state index contributed by atoms with van der Waals surface area (Å²) in [7, 11) is 0. The van der Waals surface area contributed by atoms with Gasteiger partial charge < -0.3 is 20.3 Å². The first kappa shape index (κ1) is 17.7. The smallest absolute Gasteiger partial charge is 0.265 e. The van der Waals surface area contributed by atoms with E-state index in [4.69, 9.17) is 9.84 Å². The molecule has 0 saturated heterocycles. The van der Waals surface area contributed by atoms with Crippen molar-refractivity contribution in [3.05, 3.63) is 0 Å². The Morgan fingerprint density at radius 3 is 2.39 bits per heavy atom. The lowest BCUT2D eigenvalue weighted by Gasteiger charge is -2.14. The van der Waals surface area contributed by atoms with Gasteiger partial charge in [0.05, 0.1) is 12.7 Å². The molecular weight excluding hydrogens is 244 g/mol. The molecule has 0 aliphatic rings. The molecule has 0 radical (unpaired) electrons. The molecule has 3 N–H and O–H groups in total. The first-order valence-electron chi connectivity index (χ1n) is 6.36. The Morgan fingerprint density at radius 1 is 1.17 bits per heavy atom. The third-order valence-electron chi connectivity index (χ3n) is 2.40. The molecule has 0 aliphatic heterocycles. The Bertz CT molecular complexity index is 194. The minimum Gasteiger partial charge on any atom is -0.389 e. The highest BCUT2D eigenvalue weighted by atomic mass is 19.3. The highest BCUT2D eigenvalue weighted by Gasteiger charge is 2.16. The van der Waals surface area contributed by atoms with Crippen LogP contribution in [-0.4, -0.2) is 55.1 Å². The lowest BCUT2D eigenvalue weighted by molar-refractivity contribution is -0.00757. The first-order chi connectivity index (χ1) is 8.43. The largest absolute Gasteiger partial charge is 0.389 e. The molecule has 0 saturated carbocycles. The maximum atomic E-state index is 11.9. The fraction of sp³-hybridized carbons (Fsp3) is 1.00. The van der Waals surface area contributed by atoms with Gasteiger partial charge in [0, 0.05) is 19.7 Å². The number of hydrogen-bond acceptors (Lipinski definition) is 4. The lowest BCUT2D eigenvalue weighted by Crippen LogP contribution is -2.37. The second-order valence-electron chi connectivity index (χ2n) is 4.82. The molecule has 0 bridgehead atoms. The third-order valence-corrected chi connectivity index (χ3v) is 2.40. The minimum absolute atomic E-state index is 0.133. The first-order valence-corrected chi connectivity index (χ1v) is 6.36. The summed E-state index contributed by atoms with van der Waals surface area (Å²) in [6, 6.07) is 0. The summed E-state index contributed by atoms with van der Waals surface area (Å²) in [5, 5.41) is 20.8. The minimum atomic E-state index is -2.76. The molecule has 0 aliphatic carbocycles. The molecule has 0 fully saturated rings. The molecule has 0 rings (SSSR count). The fourth-order valence-electron chi connectivity index (χ4n) is 1.36. The predicted octanol–water partition coefficient (Wildman–Crippen LogP) is 1.02. The monoisotopic (exact) mass is 269 g/mol. The van der Waals surface area contributed by atoms with Crippen LogP contribution in [-0.2, 0) is 4.74 Å². The van der Waals surface area contributed by atoms with Gasteiger partial charge in [0.2, 0.25) is 0 Å². The molecule has 6 heteroatoms.